The van der Waals surface area contributed by atoms with Crippen LogP contribution >= 0.6 is 0 Å². The molecule has 3 heterocycles. The highest BCUT2D eigenvalue weighted by Crippen LogP contribution is 2.63. The van der Waals surface area contributed by atoms with Crippen molar-refractivity contribution in [1.82, 2.24) is 20.3 Å². The van der Waals surface area contributed by atoms with Gasteiger partial charge < -0.3 is 19.0 Å². The maximum atomic E-state index is 13.8. The van der Waals surface area contributed by atoms with Crippen molar-refractivity contribution in [3.05, 3.63) is 239 Å². The van der Waals surface area contributed by atoms with Crippen molar-refractivity contribution in [2.75, 3.05) is 0 Å². The summed E-state index contributed by atoms with van der Waals surface area (Å²) in [5.74, 6) is 2.48. The highest BCUT2D eigenvalue weighted by atomic mass is 32.2. The van der Waals surface area contributed by atoms with Gasteiger partial charge >= 0.3 is 15.6 Å². The van der Waals surface area contributed by atoms with E-state index in [-0.39, 0.29) is 29.6 Å². The van der Waals surface area contributed by atoms with E-state index >= 15 is 0 Å². The lowest BCUT2D eigenvalue weighted by Crippen LogP contribution is -2.37. The Morgan fingerprint density at radius 2 is 1.11 bits per heavy atom. The number of nitrogens with one attached hydrogen (secondary N) is 1. The van der Waals surface area contributed by atoms with Crippen molar-refractivity contribution in [3.63, 3.8) is 0 Å². The van der Waals surface area contributed by atoms with E-state index in [0.717, 1.165) is 81.2 Å². The number of fused-ring (bicyclic) bond motifs is 6. The van der Waals surface area contributed by atoms with Crippen LogP contribution in [0.1, 0.15) is 101 Å². The molecular formula is C66H59F3N4O6S. The zero-order valence-electron chi connectivity index (χ0n) is 43.9. The first kappa shape index (κ1) is 52.6. The molecule has 406 valence electrons. The quantitative estimate of drug-likeness (QED) is 0.0788. The number of carbonyl (C=O) groups excluding carboxylic acids is 1. The van der Waals surface area contributed by atoms with Crippen molar-refractivity contribution in [3.8, 4) is 17.2 Å². The minimum Gasteiger partial charge on any atom is -0.487 e. The average molecular weight is 1090 g/mol. The fraction of sp³-hybridized carbons (Fsp3) is 0.273. The van der Waals surface area contributed by atoms with Gasteiger partial charge in [0, 0.05) is 51.7 Å². The first-order chi connectivity index (χ1) is 38.8. The van der Waals surface area contributed by atoms with Gasteiger partial charge in [-0.3, -0.25) is 9.78 Å². The molecular weight excluding hydrogens is 1030 g/mol. The van der Waals surface area contributed by atoms with Crippen LogP contribution in [0.5, 0.6) is 17.2 Å². The van der Waals surface area contributed by atoms with E-state index in [0.29, 0.717) is 54.3 Å². The molecule has 4 bridgehead atoms. The predicted octanol–water partition coefficient (Wildman–Crippen LogP) is 14.4. The van der Waals surface area contributed by atoms with Crippen LogP contribution in [0.25, 0.3) is 21.8 Å². The first-order valence-corrected chi connectivity index (χ1v) is 28.8. The molecule has 4 fully saturated rings. The summed E-state index contributed by atoms with van der Waals surface area (Å²) in [6.07, 6.45) is 11.8. The number of hydrogen-bond acceptors (Lipinski definition) is 9. The fourth-order valence-electron chi connectivity index (χ4n) is 13.6. The molecule has 1 amide bonds. The van der Waals surface area contributed by atoms with Crippen LogP contribution in [0.15, 0.2) is 194 Å². The Bertz CT molecular complexity index is 3820. The van der Waals surface area contributed by atoms with E-state index in [2.05, 4.69) is 63.8 Å². The van der Waals surface area contributed by atoms with Crippen molar-refractivity contribution in [2.24, 2.45) is 23.7 Å². The lowest BCUT2D eigenvalue weighted by Gasteiger charge is -2.40. The maximum Gasteiger partial charge on any atom is 0.534 e. The van der Waals surface area contributed by atoms with Crippen LogP contribution in [0, 0.1) is 23.7 Å². The second-order valence-electron chi connectivity index (χ2n) is 21.8. The summed E-state index contributed by atoms with van der Waals surface area (Å²) in [5.41, 5.74) is 2.29. The van der Waals surface area contributed by atoms with Gasteiger partial charge in [0.05, 0.1) is 22.4 Å². The van der Waals surface area contributed by atoms with Gasteiger partial charge in [0.2, 0.25) is 0 Å². The van der Waals surface area contributed by atoms with E-state index in [4.69, 9.17) is 18.6 Å². The van der Waals surface area contributed by atoms with Crippen molar-refractivity contribution in [2.45, 2.75) is 87.5 Å². The molecule has 3 aromatic heterocycles. The minimum absolute atomic E-state index is 0.0651. The zero-order valence-corrected chi connectivity index (χ0v) is 44.7. The van der Waals surface area contributed by atoms with Gasteiger partial charge in [-0.05, 0) is 151 Å². The standard InChI is InChI=1S/C36H33N3O2.C30H26F3NO4S/c40-35(38-23-26-7-6-18-37-22-26)32-17-16-31(41-24-30-15-13-27-8-4-5-11-34(27)39-30)20-33(32)36(28-9-2-1-3-10-28)21-25-12-14-29(36)19-25;31-30(32,33)39(35,36)38-28-15-14-25(37-19-24-13-11-21-6-4-5-9-27(21)34-24)17-26(28)29(22-7-2-1-3-8-22)18-20-10-12-23(29)16-20/h1-11,13,15-18,20,22,25,29H,12,14,19,21,23-24H2,(H,38,40);1-9,11,13-15,17,20,23H,10,12,16,18-19H2. The second-order valence-corrected chi connectivity index (χ2v) is 23.3. The Labute approximate surface area is 463 Å². The average Bonchev–Trinajstić information content (AvgIpc) is 4.43. The Balaban J connectivity index is 0.000000159. The Morgan fingerprint density at radius 1 is 0.588 bits per heavy atom. The summed E-state index contributed by atoms with van der Waals surface area (Å²) in [6, 6.07) is 58.3. The van der Waals surface area contributed by atoms with E-state index in [1.807, 2.05) is 115 Å². The highest BCUT2D eigenvalue weighted by Gasteiger charge is 2.56. The van der Waals surface area contributed by atoms with Crippen LogP contribution in [0.2, 0.25) is 0 Å². The normalized spacial score (nSPS) is 21.9. The van der Waals surface area contributed by atoms with E-state index < -0.39 is 21.0 Å². The topological polar surface area (TPSA) is 130 Å². The van der Waals surface area contributed by atoms with Crippen LogP contribution in [-0.2, 0) is 40.7 Å². The second kappa shape index (κ2) is 21.9. The number of hydrogen-bond donors (Lipinski definition) is 1. The minimum atomic E-state index is -5.86. The molecule has 6 aromatic carbocycles. The van der Waals surface area contributed by atoms with E-state index in [1.165, 1.54) is 37.0 Å². The molecule has 4 saturated carbocycles. The molecule has 9 aromatic rings. The van der Waals surface area contributed by atoms with Gasteiger partial charge in [-0.1, -0.05) is 128 Å². The summed E-state index contributed by atoms with van der Waals surface area (Å²) in [4.78, 5) is 27.4. The molecule has 13 rings (SSSR count). The number of carbonyl (C=O) groups is 1. The number of para-hydroxylation sites is 2. The molecule has 10 nitrogen and oxygen atoms in total. The van der Waals surface area contributed by atoms with Crippen LogP contribution in [0.4, 0.5) is 13.2 Å². The Kier molecular flexibility index (Phi) is 14.4. The number of nitrogens with zero attached hydrogens (tertiary/aromatic N) is 3. The summed E-state index contributed by atoms with van der Waals surface area (Å²) >= 11 is 0. The maximum absolute atomic E-state index is 13.8. The van der Waals surface area contributed by atoms with Crippen LogP contribution in [0.3, 0.4) is 0 Å². The molecule has 14 heteroatoms. The summed E-state index contributed by atoms with van der Waals surface area (Å²) < 4.78 is 81.5. The Morgan fingerprint density at radius 3 is 1.62 bits per heavy atom. The SMILES string of the molecule is O=C(NCc1cccnc1)c1ccc(OCc2ccc3ccccc3n2)cc1C1(c2ccccc2)CC2CCC1C2.O=S(=O)(Oc1ccc(OCc2ccc3ccccc3n2)cc1C1(c2ccccc2)CC2CCC1C2)C(F)(F)F. The predicted molar refractivity (Wildman–Crippen MR) is 301 cm³/mol. The molecule has 4 aliphatic rings. The monoisotopic (exact) mass is 1090 g/mol. The summed E-state index contributed by atoms with van der Waals surface area (Å²) in [7, 11) is -5.86. The van der Waals surface area contributed by atoms with Crippen molar-refractivity contribution >= 4 is 37.8 Å². The third-order valence-corrected chi connectivity index (χ3v) is 18.1. The number of ether oxygens (including phenoxy) is 2. The third kappa shape index (κ3) is 10.4. The number of benzene rings is 6. The Hall–Kier alpha value is -8.10. The van der Waals surface area contributed by atoms with Crippen molar-refractivity contribution in [1.29, 1.82) is 0 Å². The number of halogens is 3. The van der Waals surface area contributed by atoms with Gasteiger partial charge in [-0.2, -0.15) is 21.6 Å². The largest absolute Gasteiger partial charge is 0.534 e. The molecule has 0 saturated heterocycles. The van der Waals surface area contributed by atoms with Crippen LogP contribution in [-0.4, -0.2) is 34.8 Å². The molecule has 4 aliphatic carbocycles. The lowest BCUT2D eigenvalue weighted by molar-refractivity contribution is -0.0500. The molecule has 0 aliphatic heterocycles. The number of amides is 1. The lowest BCUT2D eigenvalue weighted by atomic mass is 9.63. The highest BCUT2D eigenvalue weighted by molar-refractivity contribution is 7.88. The van der Waals surface area contributed by atoms with E-state index in [1.54, 1.807) is 18.5 Å². The molecule has 1 N–H and O–H groups in total. The van der Waals surface area contributed by atoms with Gasteiger partial charge in [0.25, 0.3) is 5.91 Å². The smallest absolute Gasteiger partial charge is 0.487 e. The van der Waals surface area contributed by atoms with Crippen LogP contribution < -0.4 is 19.0 Å². The zero-order chi connectivity index (χ0) is 54.9. The third-order valence-electron chi connectivity index (χ3n) is 17.2. The fourth-order valence-corrected chi connectivity index (χ4v) is 14.1. The van der Waals surface area contributed by atoms with E-state index in [9.17, 15) is 26.4 Å². The number of aromatic nitrogens is 3. The molecule has 80 heavy (non-hydrogen) atoms. The molecule has 0 spiro atoms. The summed E-state index contributed by atoms with van der Waals surface area (Å²) in [5, 5.41) is 5.27. The molecule has 6 atom stereocenters. The van der Waals surface area contributed by atoms with Gasteiger partial charge in [0.15, 0.2) is 0 Å². The molecule has 6 unspecified atom stereocenters. The summed E-state index contributed by atoms with van der Waals surface area (Å²) in [6.45, 7) is 0.930. The molecule has 0 radical (unpaired) electrons. The van der Waals surface area contributed by atoms with Gasteiger partial charge in [0.1, 0.15) is 30.5 Å². The van der Waals surface area contributed by atoms with Crippen molar-refractivity contribution < 1.29 is 40.0 Å². The first-order valence-electron chi connectivity index (χ1n) is 27.4. The van der Waals surface area contributed by atoms with Gasteiger partial charge in [-0.25, -0.2) is 9.97 Å². The van der Waals surface area contributed by atoms with Gasteiger partial charge in [-0.15, -0.1) is 0 Å². The number of pyridine rings is 3. The number of alkyl halides is 3. The number of rotatable bonds is 15.